The first kappa shape index (κ1) is 12.0. The van der Waals surface area contributed by atoms with Gasteiger partial charge >= 0.3 is 5.97 Å². The van der Waals surface area contributed by atoms with Gasteiger partial charge in [0.15, 0.2) is 0 Å². The van der Waals surface area contributed by atoms with Gasteiger partial charge in [-0.15, -0.1) is 0 Å². The summed E-state index contributed by atoms with van der Waals surface area (Å²) in [5, 5.41) is 11.8. The predicted molar refractivity (Wildman–Crippen MR) is 64.9 cm³/mol. The molecule has 0 atom stereocenters. The van der Waals surface area contributed by atoms with Crippen LogP contribution in [0.25, 0.3) is 0 Å². The summed E-state index contributed by atoms with van der Waals surface area (Å²) in [5.74, 6) is -1.30. The van der Waals surface area contributed by atoms with Gasteiger partial charge in [0.1, 0.15) is 5.82 Å². The van der Waals surface area contributed by atoms with Crippen molar-refractivity contribution in [2.24, 2.45) is 0 Å². The van der Waals surface area contributed by atoms with E-state index in [1.165, 1.54) is 30.6 Å². The molecule has 2 N–H and O–H groups in total. The largest absolute Gasteiger partial charge is 0.478 e. The summed E-state index contributed by atoms with van der Waals surface area (Å²) in [4.78, 5) is 14.6. The molecule has 0 radical (unpaired) electrons. The highest BCUT2D eigenvalue weighted by Gasteiger charge is 2.03. The Bertz CT molecular complexity index is 555. The van der Waals surface area contributed by atoms with E-state index in [1.54, 1.807) is 12.1 Å². The Balaban J connectivity index is 2.04. The van der Waals surface area contributed by atoms with Crippen molar-refractivity contribution in [3.05, 3.63) is 59.7 Å². The molecule has 0 unspecified atom stereocenters. The lowest BCUT2D eigenvalue weighted by atomic mass is 10.2. The maximum absolute atomic E-state index is 12.7. The van der Waals surface area contributed by atoms with Crippen LogP contribution in [0.15, 0.2) is 42.7 Å². The number of pyridine rings is 1. The molecule has 0 aliphatic heterocycles. The van der Waals surface area contributed by atoms with Gasteiger partial charge < -0.3 is 10.4 Å². The second-order valence-electron chi connectivity index (χ2n) is 3.75. The highest BCUT2D eigenvalue weighted by molar-refractivity contribution is 5.88. The number of rotatable bonds is 4. The van der Waals surface area contributed by atoms with Gasteiger partial charge in [0.05, 0.1) is 11.3 Å². The van der Waals surface area contributed by atoms with Gasteiger partial charge in [-0.1, -0.05) is 12.1 Å². The first-order valence-corrected chi connectivity index (χ1v) is 5.32. The fraction of sp³-hybridized carbons (Fsp3) is 0.0769. The number of aromatic nitrogens is 1. The van der Waals surface area contributed by atoms with E-state index in [0.717, 1.165) is 5.56 Å². The van der Waals surface area contributed by atoms with Gasteiger partial charge in [-0.2, -0.15) is 0 Å². The lowest BCUT2D eigenvalue weighted by Gasteiger charge is -2.06. The average molecular weight is 246 g/mol. The number of hydrogen-bond donors (Lipinski definition) is 2. The van der Waals surface area contributed by atoms with Crippen molar-refractivity contribution in [1.82, 2.24) is 4.98 Å². The van der Waals surface area contributed by atoms with Crippen LogP contribution in [-0.2, 0) is 6.54 Å². The third kappa shape index (κ3) is 3.04. The molecular weight excluding hydrogens is 235 g/mol. The van der Waals surface area contributed by atoms with Crippen molar-refractivity contribution in [1.29, 1.82) is 0 Å². The van der Waals surface area contributed by atoms with Crippen LogP contribution >= 0.6 is 0 Å². The van der Waals surface area contributed by atoms with Gasteiger partial charge in [0.25, 0.3) is 0 Å². The van der Waals surface area contributed by atoms with E-state index in [4.69, 9.17) is 5.11 Å². The van der Waals surface area contributed by atoms with E-state index in [2.05, 4.69) is 10.3 Å². The average Bonchev–Trinajstić information content (AvgIpc) is 2.38. The molecule has 5 heteroatoms. The number of carboxylic acids is 1. The van der Waals surface area contributed by atoms with Crippen molar-refractivity contribution in [3.63, 3.8) is 0 Å². The van der Waals surface area contributed by atoms with Crippen molar-refractivity contribution in [3.8, 4) is 0 Å². The van der Waals surface area contributed by atoms with E-state index >= 15 is 0 Å². The number of nitrogens with one attached hydrogen (secondary N) is 1. The van der Waals surface area contributed by atoms with Crippen molar-refractivity contribution in [2.45, 2.75) is 6.54 Å². The number of carboxylic acid groups (broad SMARTS) is 1. The maximum Gasteiger partial charge on any atom is 0.337 e. The first-order chi connectivity index (χ1) is 8.65. The van der Waals surface area contributed by atoms with Crippen LogP contribution < -0.4 is 5.32 Å². The van der Waals surface area contributed by atoms with Gasteiger partial charge in [-0.25, -0.2) is 9.18 Å². The zero-order valence-electron chi connectivity index (χ0n) is 9.43. The molecular formula is C13H11FN2O2. The molecule has 1 aromatic carbocycles. The molecule has 0 fully saturated rings. The number of nitrogens with zero attached hydrogens (tertiary/aromatic N) is 1. The van der Waals surface area contributed by atoms with Crippen molar-refractivity contribution >= 4 is 11.7 Å². The third-order valence-corrected chi connectivity index (χ3v) is 2.40. The normalized spacial score (nSPS) is 10.1. The van der Waals surface area contributed by atoms with E-state index in [1.807, 2.05) is 0 Å². The van der Waals surface area contributed by atoms with Gasteiger partial charge in [-0.05, 0) is 23.8 Å². The van der Waals surface area contributed by atoms with Crippen LogP contribution in [0.1, 0.15) is 15.9 Å². The summed E-state index contributed by atoms with van der Waals surface area (Å²) in [6.45, 7) is 0.477. The molecule has 0 spiro atoms. The van der Waals surface area contributed by atoms with E-state index in [-0.39, 0.29) is 11.4 Å². The van der Waals surface area contributed by atoms with Gasteiger partial charge in [0, 0.05) is 18.9 Å². The van der Waals surface area contributed by atoms with Crippen LogP contribution in [0, 0.1) is 5.82 Å². The number of benzene rings is 1. The summed E-state index contributed by atoms with van der Waals surface area (Å²) < 4.78 is 12.7. The summed E-state index contributed by atoms with van der Waals surface area (Å²) in [7, 11) is 0. The Morgan fingerprint density at radius 1 is 1.28 bits per heavy atom. The third-order valence-electron chi connectivity index (χ3n) is 2.40. The number of aromatic carboxylic acids is 1. The topological polar surface area (TPSA) is 62.2 Å². The minimum atomic E-state index is -1.02. The van der Waals surface area contributed by atoms with E-state index in [9.17, 15) is 9.18 Å². The Labute approximate surface area is 103 Å². The lowest BCUT2D eigenvalue weighted by molar-refractivity contribution is 0.0696. The minimum absolute atomic E-state index is 0.124. The zero-order valence-corrected chi connectivity index (χ0v) is 9.43. The lowest BCUT2D eigenvalue weighted by Crippen LogP contribution is -2.03. The van der Waals surface area contributed by atoms with E-state index < -0.39 is 5.97 Å². The molecule has 1 heterocycles. The van der Waals surface area contributed by atoms with Crippen molar-refractivity contribution < 1.29 is 14.3 Å². The molecule has 0 aliphatic carbocycles. The van der Waals surface area contributed by atoms with Crippen LogP contribution in [-0.4, -0.2) is 16.1 Å². The fourth-order valence-electron chi connectivity index (χ4n) is 1.46. The molecule has 2 rings (SSSR count). The van der Waals surface area contributed by atoms with Crippen LogP contribution in [0.3, 0.4) is 0 Å². The van der Waals surface area contributed by atoms with Crippen LogP contribution in [0.5, 0.6) is 0 Å². The molecule has 0 saturated heterocycles. The molecule has 2 aromatic rings. The Hall–Kier alpha value is -2.43. The first-order valence-electron chi connectivity index (χ1n) is 5.32. The SMILES string of the molecule is O=C(O)c1cncc(NCc2ccc(F)cc2)c1. The second kappa shape index (κ2) is 5.27. The summed E-state index contributed by atoms with van der Waals surface area (Å²) >= 11 is 0. The standard InChI is InChI=1S/C13H11FN2O2/c14-11-3-1-9(2-4-11)6-16-12-5-10(13(17)18)7-15-8-12/h1-5,7-8,16H,6H2,(H,17,18). The quantitative estimate of drug-likeness (QED) is 0.870. The van der Waals surface area contributed by atoms with E-state index in [0.29, 0.717) is 12.2 Å². The zero-order chi connectivity index (χ0) is 13.0. The Morgan fingerprint density at radius 3 is 2.67 bits per heavy atom. The number of carbonyl (C=O) groups is 1. The molecule has 0 amide bonds. The Kier molecular flexibility index (Phi) is 3.52. The molecule has 0 aliphatic rings. The molecule has 0 saturated carbocycles. The molecule has 1 aromatic heterocycles. The van der Waals surface area contributed by atoms with Gasteiger partial charge in [-0.3, -0.25) is 4.98 Å². The summed E-state index contributed by atoms with van der Waals surface area (Å²) in [6, 6.07) is 7.58. The number of halogens is 1. The highest BCUT2D eigenvalue weighted by atomic mass is 19.1. The molecule has 4 nitrogen and oxygen atoms in total. The second-order valence-corrected chi connectivity index (χ2v) is 3.75. The monoisotopic (exact) mass is 246 g/mol. The summed E-state index contributed by atoms with van der Waals surface area (Å²) in [5.41, 5.74) is 1.63. The number of hydrogen-bond acceptors (Lipinski definition) is 3. The van der Waals surface area contributed by atoms with Crippen molar-refractivity contribution in [2.75, 3.05) is 5.32 Å². The minimum Gasteiger partial charge on any atom is -0.478 e. The molecule has 0 bridgehead atoms. The fourth-order valence-corrected chi connectivity index (χ4v) is 1.46. The molecule has 92 valence electrons. The summed E-state index contributed by atoms with van der Waals surface area (Å²) in [6.07, 6.45) is 2.82. The maximum atomic E-state index is 12.7. The Morgan fingerprint density at radius 2 is 2.00 bits per heavy atom. The highest BCUT2D eigenvalue weighted by Crippen LogP contribution is 2.11. The molecule has 18 heavy (non-hydrogen) atoms. The van der Waals surface area contributed by atoms with Gasteiger partial charge in [0.2, 0.25) is 0 Å². The number of anilines is 1. The predicted octanol–water partition coefficient (Wildman–Crippen LogP) is 2.53. The smallest absolute Gasteiger partial charge is 0.337 e. The van der Waals surface area contributed by atoms with Crippen LogP contribution in [0.4, 0.5) is 10.1 Å². The van der Waals surface area contributed by atoms with Crippen LogP contribution in [0.2, 0.25) is 0 Å².